The standard InChI is InChI=1S/C17H23FN2S/c18-14-8-7-13(15(10-14)17(19)21)11-20-9-3-6-16(20)12-4-1-2-5-12/h7-8,10,12,16H,1-6,9,11H2,(H2,19,21). The molecule has 1 aliphatic carbocycles. The zero-order valence-electron chi connectivity index (χ0n) is 12.4. The largest absolute Gasteiger partial charge is 0.389 e. The van der Waals surface area contributed by atoms with E-state index in [0.717, 1.165) is 24.6 Å². The smallest absolute Gasteiger partial charge is 0.123 e. The molecule has 4 heteroatoms. The minimum absolute atomic E-state index is 0.268. The Hall–Kier alpha value is -1.00. The highest BCUT2D eigenvalue weighted by Crippen LogP contribution is 2.36. The lowest BCUT2D eigenvalue weighted by molar-refractivity contribution is 0.183. The summed E-state index contributed by atoms with van der Waals surface area (Å²) in [5.41, 5.74) is 7.52. The highest BCUT2D eigenvalue weighted by atomic mass is 32.1. The molecule has 2 nitrogen and oxygen atoms in total. The van der Waals surface area contributed by atoms with Gasteiger partial charge in [0, 0.05) is 18.2 Å². The third kappa shape index (κ3) is 3.27. The minimum atomic E-state index is -0.268. The molecule has 1 heterocycles. The first kappa shape index (κ1) is 14.9. The first-order valence-corrected chi connectivity index (χ1v) is 8.38. The van der Waals surface area contributed by atoms with Crippen LogP contribution in [-0.2, 0) is 6.54 Å². The molecular formula is C17H23FN2S. The van der Waals surface area contributed by atoms with Gasteiger partial charge in [0.2, 0.25) is 0 Å². The summed E-state index contributed by atoms with van der Waals surface area (Å²) < 4.78 is 13.4. The van der Waals surface area contributed by atoms with Crippen LogP contribution in [-0.4, -0.2) is 22.5 Å². The Balaban J connectivity index is 1.77. The number of thiocarbonyl (C=S) groups is 1. The van der Waals surface area contributed by atoms with E-state index in [9.17, 15) is 4.39 Å². The number of nitrogens with two attached hydrogens (primary N) is 1. The van der Waals surface area contributed by atoms with Gasteiger partial charge in [-0.1, -0.05) is 31.1 Å². The van der Waals surface area contributed by atoms with Crippen molar-refractivity contribution < 1.29 is 4.39 Å². The SMILES string of the molecule is NC(=S)c1cc(F)ccc1CN1CCCC1C1CCCC1. The average molecular weight is 306 g/mol. The van der Waals surface area contributed by atoms with Crippen molar-refractivity contribution in [2.75, 3.05) is 6.54 Å². The molecule has 1 saturated heterocycles. The van der Waals surface area contributed by atoms with Crippen molar-refractivity contribution >= 4 is 17.2 Å². The third-order valence-corrected chi connectivity index (χ3v) is 5.29. The molecule has 1 aromatic carbocycles. The van der Waals surface area contributed by atoms with Crippen LogP contribution < -0.4 is 5.73 Å². The van der Waals surface area contributed by atoms with Crippen LogP contribution in [0.1, 0.15) is 49.7 Å². The molecule has 0 bridgehead atoms. The first-order valence-electron chi connectivity index (χ1n) is 7.97. The maximum atomic E-state index is 13.4. The van der Waals surface area contributed by atoms with Crippen LogP contribution in [0.4, 0.5) is 4.39 Å². The second-order valence-corrected chi connectivity index (χ2v) is 6.83. The number of benzene rings is 1. The van der Waals surface area contributed by atoms with Crippen LogP contribution >= 0.6 is 12.2 Å². The highest BCUT2D eigenvalue weighted by Gasteiger charge is 2.33. The summed E-state index contributed by atoms with van der Waals surface area (Å²) in [5.74, 6) is 0.580. The highest BCUT2D eigenvalue weighted by molar-refractivity contribution is 7.80. The summed E-state index contributed by atoms with van der Waals surface area (Å²) in [5, 5.41) is 0. The van der Waals surface area contributed by atoms with E-state index in [2.05, 4.69) is 4.90 Å². The van der Waals surface area contributed by atoms with Crippen molar-refractivity contribution in [2.45, 2.75) is 51.1 Å². The van der Waals surface area contributed by atoms with Crippen molar-refractivity contribution in [3.05, 3.63) is 35.1 Å². The van der Waals surface area contributed by atoms with E-state index in [0.29, 0.717) is 16.6 Å². The van der Waals surface area contributed by atoms with Gasteiger partial charge in [-0.2, -0.15) is 0 Å². The number of rotatable bonds is 4. The Kier molecular flexibility index (Phi) is 4.55. The van der Waals surface area contributed by atoms with Crippen LogP contribution in [0.15, 0.2) is 18.2 Å². The molecule has 0 amide bonds. The number of hydrogen-bond donors (Lipinski definition) is 1. The molecule has 1 aromatic rings. The molecule has 2 N–H and O–H groups in total. The predicted molar refractivity (Wildman–Crippen MR) is 87.7 cm³/mol. The van der Waals surface area contributed by atoms with Crippen LogP contribution in [0.25, 0.3) is 0 Å². The molecule has 114 valence electrons. The predicted octanol–water partition coefficient (Wildman–Crippen LogP) is 3.61. The molecular weight excluding hydrogens is 283 g/mol. The molecule has 1 atom stereocenters. The molecule has 3 rings (SSSR count). The lowest BCUT2D eigenvalue weighted by Gasteiger charge is -2.30. The van der Waals surface area contributed by atoms with Crippen LogP contribution in [0.2, 0.25) is 0 Å². The van der Waals surface area contributed by atoms with Crippen molar-refractivity contribution in [3.8, 4) is 0 Å². The first-order chi connectivity index (χ1) is 10.1. The number of nitrogens with zero attached hydrogens (tertiary/aromatic N) is 1. The molecule has 1 saturated carbocycles. The van der Waals surface area contributed by atoms with E-state index in [-0.39, 0.29) is 5.82 Å². The molecule has 21 heavy (non-hydrogen) atoms. The van der Waals surface area contributed by atoms with Crippen molar-refractivity contribution in [1.82, 2.24) is 4.90 Å². The summed E-state index contributed by atoms with van der Waals surface area (Å²) in [6.45, 7) is 1.98. The Bertz CT molecular complexity index is 526. The van der Waals surface area contributed by atoms with Gasteiger partial charge < -0.3 is 5.73 Å². The summed E-state index contributed by atoms with van der Waals surface area (Å²) in [7, 11) is 0. The van der Waals surface area contributed by atoms with Gasteiger partial charge in [-0.25, -0.2) is 4.39 Å². The monoisotopic (exact) mass is 306 g/mol. The Morgan fingerprint density at radius 2 is 2.00 bits per heavy atom. The Labute approximate surface area is 131 Å². The third-order valence-electron chi connectivity index (χ3n) is 5.07. The van der Waals surface area contributed by atoms with Gasteiger partial charge in [0.05, 0.1) is 0 Å². The van der Waals surface area contributed by atoms with E-state index >= 15 is 0 Å². The zero-order chi connectivity index (χ0) is 14.8. The Morgan fingerprint density at radius 3 is 2.71 bits per heavy atom. The van der Waals surface area contributed by atoms with Crippen LogP contribution in [0.3, 0.4) is 0 Å². The molecule has 2 aliphatic rings. The van der Waals surface area contributed by atoms with E-state index in [4.69, 9.17) is 18.0 Å². The van der Waals surface area contributed by atoms with E-state index in [1.54, 1.807) is 0 Å². The van der Waals surface area contributed by atoms with Gasteiger partial charge in [-0.3, -0.25) is 4.90 Å². The molecule has 0 radical (unpaired) electrons. The van der Waals surface area contributed by atoms with Crippen LogP contribution in [0, 0.1) is 11.7 Å². The fraction of sp³-hybridized carbons (Fsp3) is 0.588. The Morgan fingerprint density at radius 1 is 1.24 bits per heavy atom. The van der Waals surface area contributed by atoms with Gasteiger partial charge in [0.15, 0.2) is 0 Å². The normalized spacial score (nSPS) is 23.8. The zero-order valence-corrected chi connectivity index (χ0v) is 13.2. The topological polar surface area (TPSA) is 29.3 Å². The summed E-state index contributed by atoms with van der Waals surface area (Å²) in [6.07, 6.45) is 8.06. The van der Waals surface area contributed by atoms with Crippen molar-refractivity contribution in [2.24, 2.45) is 11.7 Å². The molecule has 1 unspecified atom stereocenters. The average Bonchev–Trinajstić information content (AvgIpc) is 3.11. The fourth-order valence-corrected chi connectivity index (χ4v) is 4.25. The quantitative estimate of drug-likeness (QED) is 0.862. The number of likely N-dealkylation sites (tertiary alicyclic amines) is 1. The maximum absolute atomic E-state index is 13.4. The van der Waals surface area contributed by atoms with Crippen molar-refractivity contribution in [3.63, 3.8) is 0 Å². The molecule has 0 spiro atoms. The molecule has 0 aromatic heterocycles. The van der Waals surface area contributed by atoms with E-state index < -0.39 is 0 Å². The molecule has 1 aliphatic heterocycles. The second-order valence-electron chi connectivity index (χ2n) is 6.39. The maximum Gasteiger partial charge on any atom is 0.123 e. The summed E-state index contributed by atoms with van der Waals surface area (Å²) in [6, 6.07) is 5.51. The van der Waals surface area contributed by atoms with Gasteiger partial charge in [0.1, 0.15) is 10.8 Å². The summed E-state index contributed by atoms with van der Waals surface area (Å²) >= 11 is 5.08. The lowest BCUT2D eigenvalue weighted by Crippen LogP contribution is -2.34. The van der Waals surface area contributed by atoms with E-state index in [1.165, 1.54) is 50.7 Å². The second kappa shape index (κ2) is 6.41. The van der Waals surface area contributed by atoms with Gasteiger partial charge in [0.25, 0.3) is 0 Å². The number of hydrogen-bond acceptors (Lipinski definition) is 2. The number of halogens is 1. The van der Waals surface area contributed by atoms with Gasteiger partial charge in [-0.15, -0.1) is 0 Å². The van der Waals surface area contributed by atoms with Gasteiger partial charge in [-0.05, 0) is 55.8 Å². The minimum Gasteiger partial charge on any atom is -0.389 e. The molecule has 2 fully saturated rings. The van der Waals surface area contributed by atoms with E-state index in [1.807, 2.05) is 6.07 Å². The fourth-order valence-electron chi connectivity index (χ4n) is 4.06. The lowest BCUT2D eigenvalue weighted by atomic mass is 9.95. The summed E-state index contributed by atoms with van der Waals surface area (Å²) in [4.78, 5) is 2.85. The van der Waals surface area contributed by atoms with Crippen molar-refractivity contribution in [1.29, 1.82) is 0 Å². The van der Waals surface area contributed by atoms with Crippen LogP contribution in [0.5, 0.6) is 0 Å². The van der Waals surface area contributed by atoms with Gasteiger partial charge >= 0.3 is 0 Å².